The zero-order valence-corrected chi connectivity index (χ0v) is 18.7. The van der Waals surface area contributed by atoms with Crippen molar-refractivity contribution in [1.82, 2.24) is 0 Å². The molecule has 1 unspecified atom stereocenters. The molecular weight excluding hydrogens is 416 g/mol. The highest BCUT2D eigenvalue weighted by Crippen LogP contribution is 2.14. The lowest BCUT2D eigenvalue weighted by Gasteiger charge is -2.05. The Morgan fingerprint density at radius 1 is 1.00 bits per heavy atom. The fourth-order valence-corrected chi connectivity index (χ4v) is 3.82. The number of rotatable bonds is 6. The van der Waals surface area contributed by atoms with E-state index in [1.807, 2.05) is 80.8 Å². The molecule has 4 nitrogen and oxygen atoms in total. The van der Waals surface area contributed by atoms with E-state index in [2.05, 4.69) is 9.52 Å². The normalized spacial score (nSPS) is 12.6. The molecule has 0 bridgehead atoms. The van der Waals surface area contributed by atoms with Crippen LogP contribution in [-0.2, 0) is 22.1 Å². The van der Waals surface area contributed by atoms with Gasteiger partial charge in [0.1, 0.15) is 6.61 Å². The zero-order valence-electron chi connectivity index (χ0n) is 17.1. The van der Waals surface area contributed by atoms with E-state index in [9.17, 15) is 4.79 Å². The van der Waals surface area contributed by atoms with Crippen LogP contribution in [0.4, 0.5) is 0 Å². The standard InChI is InChI=1S/C24H23ClN2O2S/c1-17-7-13-23(14-8-17)30(3)27-24(28)21-6-4-5-19(15-21)16-29-26-18(2)20-9-11-22(25)12-10-20/h4-15H,16H2,1-3H3/b26-18+. The van der Waals surface area contributed by atoms with E-state index in [1.165, 1.54) is 5.56 Å². The summed E-state index contributed by atoms with van der Waals surface area (Å²) in [6.45, 7) is 4.17. The molecule has 0 spiro atoms. The van der Waals surface area contributed by atoms with E-state index < -0.39 is 10.7 Å². The van der Waals surface area contributed by atoms with Gasteiger partial charge in [-0.1, -0.05) is 69.4 Å². The maximum Gasteiger partial charge on any atom is 0.283 e. The van der Waals surface area contributed by atoms with Gasteiger partial charge < -0.3 is 4.84 Å². The Morgan fingerprint density at radius 3 is 2.40 bits per heavy atom. The SMILES string of the molecule is C/C(=N\OCc1cccc(C(=O)N=S(C)c2ccc(C)cc2)c1)c1ccc(Cl)cc1. The quantitative estimate of drug-likeness (QED) is 0.339. The highest BCUT2D eigenvalue weighted by atomic mass is 35.5. The molecule has 0 radical (unpaired) electrons. The molecule has 1 amide bonds. The third-order valence-corrected chi connectivity index (χ3v) is 6.10. The monoisotopic (exact) mass is 438 g/mol. The van der Waals surface area contributed by atoms with Gasteiger partial charge in [-0.2, -0.15) is 4.36 Å². The predicted octanol–water partition coefficient (Wildman–Crippen LogP) is 6.22. The predicted molar refractivity (Wildman–Crippen MR) is 124 cm³/mol. The first-order valence-electron chi connectivity index (χ1n) is 9.42. The smallest absolute Gasteiger partial charge is 0.283 e. The molecule has 0 saturated heterocycles. The highest BCUT2D eigenvalue weighted by Gasteiger charge is 2.07. The first kappa shape index (κ1) is 21.9. The Kier molecular flexibility index (Phi) is 7.55. The van der Waals surface area contributed by atoms with Gasteiger partial charge in [0.2, 0.25) is 0 Å². The van der Waals surface area contributed by atoms with Crippen molar-refractivity contribution in [3.63, 3.8) is 0 Å². The molecule has 3 aromatic carbocycles. The topological polar surface area (TPSA) is 51.0 Å². The van der Waals surface area contributed by atoms with Crippen LogP contribution in [0.2, 0.25) is 5.02 Å². The summed E-state index contributed by atoms with van der Waals surface area (Å²) in [6, 6.07) is 22.8. The first-order chi connectivity index (χ1) is 14.4. The van der Waals surface area contributed by atoms with Gasteiger partial charge in [0.15, 0.2) is 0 Å². The molecule has 0 heterocycles. The van der Waals surface area contributed by atoms with E-state index >= 15 is 0 Å². The van der Waals surface area contributed by atoms with Gasteiger partial charge >= 0.3 is 0 Å². The average Bonchev–Trinajstić information content (AvgIpc) is 2.74. The van der Waals surface area contributed by atoms with E-state index in [1.54, 1.807) is 12.1 Å². The minimum absolute atomic E-state index is 0.232. The van der Waals surface area contributed by atoms with E-state index in [0.29, 0.717) is 10.6 Å². The molecule has 154 valence electrons. The molecule has 0 aliphatic rings. The van der Waals surface area contributed by atoms with Crippen molar-refractivity contribution in [2.24, 2.45) is 9.52 Å². The Hall–Kier alpha value is -2.76. The zero-order chi connectivity index (χ0) is 21.5. The second kappa shape index (κ2) is 10.3. The second-order valence-electron chi connectivity index (χ2n) is 6.84. The molecular formula is C24H23ClN2O2S. The van der Waals surface area contributed by atoms with Crippen molar-refractivity contribution in [2.45, 2.75) is 25.3 Å². The minimum atomic E-state index is -0.500. The lowest BCUT2D eigenvalue weighted by Crippen LogP contribution is -2.00. The van der Waals surface area contributed by atoms with Crippen molar-refractivity contribution in [1.29, 1.82) is 0 Å². The van der Waals surface area contributed by atoms with Crippen LogP contribution >= 0.6 is 11.6 Å². The number of oxime groups is 1. The Labute approximate surface area is 184 Å². The molecule has 0 aliphatic heterocycles. The number of carbonyl (C=O) groups is 1. The van der Waals surface area contributed by atoms with Crippen molar-refractivity contribution >= 4 is 33.9 Å². The molecule has 30 heavy (non-hydrogen) atoms. The molecule has 1 atom stereocenters. The minimum Gasteiger partial charge on any atom is -0.391 e. The number of benzene rings is 3. The summed E-state index contributed by atoms with van der Waals surface area (Å²) in [5.74, 6) is -0.232. The summed E-state index contributed by atoms with van der Waals surface area (Å²) >= 11 is 5.91. The molecule has 0 N–H and O–H groups in total. The van der Waals surface area contributed by atoms with E-state index in [4.69, 9.17) is 16.4 Å². The number of aryl methyl sites for hydroxylation is 1. The van der Waals surface area contributed by atoms with Crippen LogP contribution in [0.5, 0.6) is 0 Å². The summed E-state index contributed by atoms with van der Waals surface area (Å²) in [7, 11) is -0.500. The molecule has 0 aliphatic carbocycles. The summed E-state index contributed by atoms with van der Waals surface area (Å²) in [5.41, 5.74) is 4.27. The fraction of sp³-hybridized carbons (Fsp3) is 0.167. The van der Waals surface area contributed by atoms with Gasteiger partial charge in [0, 0.05) is 15.5 Å². The van der Waals surface area contributed by atoms with Gasteiger partial charge in [-0.25, -0.2) is 0 Å². The Balaban J connectivity index is 1.66. The maximum atomic E-state index is 12.6. The second-order valence-corrected chi connectivity index (χ2v) is 8.89. The van der Waals surface area contributed by atoms with Gasteiger partial charge in [-0.05, 0) is 67.6 Å². The van der Waals surface area contributed by atoms with Crippen LogP contribution < -0.4 is 0 Å². The molecule has 3 rings (SSSR count). The van der Waals surface area contributed by atoms with Crippen LogP contribution in [-0.4, -0.2) is 17.9 Å². The average molecular weight is 439 g/mol. The van der Waals surface area contributed by atoms with E-state index in [0.717, 1.165) is 21.7 Å². The molecule has 6 heteroatoms. The number of halogens is 1. The summed E-state index contributed by atoms with van der Waals surface area (Å²) < 4.78 is 4.35. The van der Waals surface area contributed by atoms with Crippen LogP contribution in [0.15, 0.2) is 87.2 Å². The first-order valence-corrected chi connectivity index (χ1v) is 11.4. The number of hydrogen-bond acceptors (Lipinski definition) is 3. The van der Waals surface area contributed by atoms with Crippen molar-refractivity contribution in [3.05, 3.63) is 100 Å². The maximum absolute atomic E-state index is 12.6. The number of hydrogen-bond donors (Lipinski definition) is 0. The largest absolute Gasteiger partial charge is 0.391 e. The summed E-state index contributed by atoms with van der Waals surface area (Å²) in [5, 5.41) is 4.83. The summed E-state index contributed by atoms with van der Waals surface area (Å²) in [6.07, 6.45) is 1.95. The van der Waals surface area contributed by atoms with Crippen molar-refractivity contribution in [3.8, 4) is 0 Å². The van der Waals surface area contributed by atoms with Crippen molar-refractivity contribution < 1.29 is 9.63 Å². The molecule has 0 aromatic heterocycles. The van der Waals surface area contributed by atoms with Gasteiger partial charge in [-0.15, -0.1) is 0 Å². The van der Waals surface area contributed by atoms with Gasteiger partial charge in [0.25, 0.3) is 5.91 Å². The van der Waals surface area contributed by atoms with E-state index in [-0.39, 0.29) is 12.5 Å². The lowest BCUT2D eigenvalue weighted by molar-refractivity contribution is 0.100. The summed E-state index contributed by atoms with van der Waals surface area (Å²) in [4.78, 5) is 19.1. The molecule has 3 aromatic rings. The number of amides is 1. The Morgan fingerprint density at radius 2 is 1.70 bits per heavy atom. The highest BCUT2D eigenvalue weighted by molar-refractivity contribution is 7.87. The third kappa shape index (κ3) is 6.12. The molecule has 0 saturated carbocycles. The third-order valence-electron chi connectivity index (χ3n) is 4.45. The van der Waals surface area contributed by atoms with Crippen LogP contribution in [0.3, 0.4) is 0 Å². The van der Waals surface area contributed by atoms with Gasteiger partial charge in [0.05, 0.1) is 5.71 Å². The molecule has 0 fully saturated rings. The lowest BCUT2D eigenvalue weighted by atomic mass is 10.1. The Bertz CT molecular complexity index is 1090. The van der Waals surface area contributed by atoms with Crippen LogP contribution in [0.25, 0.3) is 0 Å². The number of carbonyl (C=O) groups excluding carboxylic acids is 1. The van der Waals surface area contributed by atoms with Crippen LogP contribution in [0, 0.1) is 6.92 Å². The van der Waals surface area contributed by atoms with Crippen molar-refractivity contribution in [2.75, 3.05) is 6.26 Å². The van der Waals surface area contributed by atoms with Crippen LogP contribution in [0.1, 0.15) is 34.0 Å². The number of nitrogens with zero attached hydrogens (tertiary/aromatic N) is 2. The van der Waals surface area contributed by atoms with Gasteiger partial charge in [-0.3, -0.25) is 4.79 Å². The fourth-order valence-electron chi connectivity index (χ4n) is 2.71.